The van der Waals surface area contributed by atoms with Gasteiger partial charge in [0.05, 0.1) is 25.8 Å². The molecule has 1 fully saturated rings. The molecule has 24 heavy (non-hydrogen) atoms. The van der Waals surface area contributed by atoms with Crippen LogP contribution < -0.4 is 0 Å². The lowest BCUT2D eigenvalue weighted by atomic mass is 9.96. The summed E-state index contributed by atoms with van der Waals surface area (Å²) >= 11 is 0. The molecule has 0 aromatic heterocycles. The highest BCUT2D eigenvalue weighted by Crippen LogP contribution is 2.37. The Balaban J connectivity index is 2.41. The van der Waals surface area contributed by atoms with Crippen molar-refractivity contribution >= 4 is 15.4 Å². The number of hydroxylamine groups is 2. The molecule has 5 unspecified atom stereocenters. The third-order valence-electron chi connectivity index (χ3n) is 3.50. The normalized spacial score (nSPS) is 31.0. The number of hydrogen-bond donors (Lipinski definition) is 3. The number of nitrogens with zero attached hydrogens (tertiary/aromatic N) is 1. The third-order valence-corrected chi connectivity index (χ3v) is 4.13. The molecule has 142 valence electrons. The summed E-state index contributed by atoms with van der Waals surface area (Å²) in [6.45, 7) is 3.99. The van der Waals surface area contributed by atoms with Gasteiger partial charge in [-0.2, -0.15) is 0 Å². The van der Waals surface area contributed by atoms with E-state index < -0.39 is 32.2 Å². The van der Waals surface area contributed by atoms with E-state index in [1.807, 2.05) is 0 Å². The van der Waals surface area contributed by atoms with Crippen LogP contribution in [0.1, 0.15) is 26.2 Å². The molecule has 0 saturated carbocycles. The van der Waals surface area contributed by atoms with E-state index in [9.17, 15) is 14.8 Å². The van der Waals surface area contributed by atoms with E-state index in [1.165, 1.54) is 0 Å². The zero-order valence-electron chi connectivity index (χ0n) is 14.5. The average Bonchev–Trinajstić information content (AvgIpc) is 2.50. The molecular formula is C13H29BNO8P. The summed E-state index contributed by atoms with van der Waals surface area (Å²) < 4.78 is 26.8. The summed E-state index contributed by atoms with van der Waals surface area (Å²) in [5.41, 5.74) is 0. The molecule has 3 N–H and O–H groups in total. The van der Waals surface area contributed by atoms with E-state index in [1.54, 1.807) is 7.85 Å². The largest absolute Gasteiger partial charge is 0.379 e. The van der Waals surface area contributed by atoms with E-state index in [0.29, 0.717) is 13.2 Å². The summed E-state index contributed by atoms with van der Waals surface area (Å²) in [6.07, 6.45) is -0.219. The van der Waals surface area contributed by atoms with Gasteiger partial charge in [-0.05, 0) is 6.42 Å². The van der Waals surface area contributed by atoms with E-state index in [2.05, 4.69) is 6.92 Å². The minimum absolute atomic E-state index is 0.160. The quantitative estimate of drug-likeness (QED) is 0.246. The van der Waals surface area contributed by atoms with Crippen LogP contribution in [0, 0.1) is 0 Å². The molecule has 1 saturated heterocycles. The van der Waals surface area contributed by atoms with Gasteiger partial charge < -0.3 is 29.1 Å². The monoisotopic (exact) mass is 369 g/mol. The Hall–Kier alpha value is -0.0251. The highest BCUT2D eigenvalue weighted by molar-refractivity contribution is 7.51. The van der Waals surface area contributed by atoms with Crippen LogP contribution in [0.25, 0.3) is 0 Å². The highest BCUT2D eigenvalue weighted by atomic mass is 31.2. The minimum Gasteiger partial charge on any atom is -0.379 e. The summed E-state index contributed by atoms with van der Waals surface area (Å²) in [7, 11) is -2.08. The number of rotatable bonds is 11. The first-order valence-corrected chi connectivity index (χ1v) is 10.2. The van der Waals surface area contributed by atoms with Crippen molar-refractivity contribution < 1.29 is 38.5 Å². The van der Waals surface area contributed by atoms with Crippen LogP contribution in [0.2, 0.25) is 0 Å². The number of unbranched alkanes of at least 4 members (excludes halogenated alkanes) is 2. The maximum Gasteiger partial charge on any atom is 0.325 e. The first kappa shape index (κ1) is 22.0. The fourth-order valence-electron chi connectivity index (χ4n) is 2.19. The van der Waals surface area contributed by atoms with E-state index in [4.69, 9.17) is 23.7 Å². The smallest absolute Gasteiger partial charge is 0.325 e. The van der Waals surface area contributed by atoms with Gasteiger partial charge in [-0.1, -0.05) is 19.8 Å². The van der Waals surface area contributed by atoms with Gasteiger partial charge in [-0.25, -0.2) is 0 Å². The van der Waals surface area contributed by atoms with Crippen LogP contribution in [0.15, 0.2) is 0 Å². The molecule has 1 heterocycles. The Morgan fingerprint density at radius 2 is 1.92 bits per heavy atom. The molecule has 0 bridgehead atoms. The molecule has 0 aliphatic carbocycles. The van der Waals surface area contributed by atoms with Crippen LogP contribution in [-0.2, 0) is 23.4 Å². The second-order valence-electron chi connectivity index (χ2n) is 5.82. The van der Waals surface area contributed by atoms with Crippen molar-refractivity contribution in [2.75, 3.05) is 33.1 Å². The molecule has 9 nitrogen and oxygen atoms in total. The Morgan fingerprint density at radius 1 is 1.21 bits per heavy atom. The zero-order chi connectivity index (χ0) is 18.2. The molecule has 0 amide bonds. The standard InChI is InChI=1S/C13H29BNO8P/c1-3-4-5-6-20-7-8-21-15-12(16)10(9-22-24(2,18)19)23-11(14)13(15)17/h10-13,16-17H,3-9,14H2,1-2H3,(H,18,19). The topological polar surface area (TPSA) is 118 Å². The Bertz CT molecular complexity index is 398. The maximum atomic E-state index is 11.2. The third kappa shape index (κ3) is 7.90. The zero-order valence-corrected chi connectivity index (χ0v) is 15.4. The van der Waals surface area contributed by atoms with Gasteiger partial charge in [0.1, 0.15) is 14.0 Å². The van der Waals surface area contributed by atoms with E-state index >= 15 is 0 Å². The molecule has 11 heteroatoms. The maximum absolute atomic E-state index is 11.2. The van der Waals surface area contributed by atoms with Crippen LogP contribution in [0.5, 0.6) is 0 Å². The Morgan fingerprint density at radius 3 is 2.54 bits per heavy atom. The van der Waals surface area contributed by atoms with Gasteiger partial charge in [0.15, 0.2) is 12.5 Å². The van der Waals surface area contributed by atoms with E-state index in [0.717, 1.165) is 31.0 Å². The molecule has 0 spiro atoms. The van der Waals surface area contributed by atoms with Crippen molar-refractivity contribution in [2.24, 2.45) is 0 Å². The summed E-state index contributed by atoms with van der Waals surface area (Å²) in [6, 6.07) is -0.664. The van der Waals surface area contributed by atoms with E-state index in [-0.39, 0.29) is 13.2 Å². The molecular weight excluding hydrogens is 340 g/mol. The molecule has 0 aromatic rings. The molecule has 1 aliphatic heterocycles. The van der Waals surface area contributed by atoms with Crippen LogP contribution in [0.3, 0.4) is 0 Å². The minimum atomic E-state index is -3.69. The number of ether oxygens (including phenoxy) is 2. The molecule has 5 atom stereocenters. The van der Waals surface area contributed by atoms with Gasteiger partial charge in [-0.15, -0.1) is 5.06 Å². The van der Waals surface area contributed by atoms with Gasteiger partial charge in [0.25, 0.3) is 0 Å². The summed E-state index contributed by atoms with van der Waals surface area (Å²) in [5.74, 6) is 0. The second kappa shape index (κ2) is 10.9. The van der Waals surface area contributed by atoms with Crippen molar-refractivity contribution in [1.29, 1.82) is 0 Å². The lowest BCUT2D eigenvalue weighted by Gasteiger charge is -2.43. The van der Waals surface area contributed by atoms with Gasteiger partial charge in [-0.3, -0.25) is 9.40 Å². The number of hydrogen-bond acceptors (Lipinski definition) is 8. The lowest BCUT2D eigenvalue weighted by molar-refractivity contribution is -0.368. The number of aliphatic hydroxyl groups excluding tert-OH is 2. The molecule has 0 aromatic carbocycles. The summed E-state index contributed by atoms with van der Waals surface area (Å²) in [4.78, 5) is 14.6. The average molecular weight is 369 g/mol. The van der Waals surface area contributed by atoms with Gasteiger partial charge >= 0.3 is 7.60 Å². The van der Waals surface area contributed by atoms with Crippen molar-refractivity contribution in [2.45, 2.75) is 50.7 Å². The first-order chi connectivity index (χ1) is 11.3. The van der Waals surface area contributed by atoms with Crippen molar-refractivity contribution in [3.05, 3.63) is 0 Å². The number of morpholine rings is 1. The Labute approximate surface area is 143 Å². The summed E-state index contributed by atoms with van der Waals surface area (Å²) in [5, 5.41) is 21.3. The fraction of sp³-hybridized carbons (Fsp3) is 1.00. The molecule has 1 rings (SSSR count). The SMILES string of the molecule is BC1OC(COP(C)(=O)O)C(O)N(OCCOCCCCC)C1O. The Kier molecular flexibility index (Phi) is 9.95. The van der Waals surface area contributed by atoms with Crippen LogP contribution in [0.4, 0.5) is 0 Å². The predicted molar refractivity (Wildman–Crippen MR) is 89.1 cm³/mol. The van der Waals surface area contributed by atoms with Crippen LogP contribution >= 0.6 is 7.60 Å². The van der Waals surface area contributed by atoms with Crippen molar-refractivity contribution in [3.63, 3.8) is 0 Å². The first-order valence-electron chi connectivity index (χ1n) is 8.21. The highest BCUT2D eigenvalue weighted by Gasteiger charge is 2.42. The van der Waals surface area contributed by atoms with Crippen molar-refractivity contribution in [1.82, 2.24) is 5.06 Å². The lowest BCUT2D eigenvalue weighted by Crippen LogP contribution is -2.62. The molecule has 0 radical (unpaired) electrons. The van der Waals surface area contributed by atoms with Crippen LogP contribution in [-0.4, -0.2) is 85.7 Å². The van der Waals surface area contributed by atoms with Crippen molar-refractivity contribution in [3.8, 4) is 0 Å². The second-order valence-corrected chi connectivity index (χ2v) is 7.68. The van der Waals surface area contributed by atoms with Gasteiger partial charge in [0, 0.05) is 13.3 Å². The number of aliphatic hydroxyl groups is 2. The fourth-order valence-corrected chi connectivity index (χ4v) is 2.61. The molecule has 1 aliphatic rings. The van der Waals surface area contributed by atoms with Gasteiger partial charge in [0.2, 0.25) is 0 Å². The predicted octanol–water partition coefficient (Wildman–Crippen LogP) is -0.747.